The number of benzene rings is 2. The number of carbonyl (C=O) groups excluding carboxylic acids is 1. The van der Waals surface area contributed by atoms with Crippen molar-refractivity contribution in [3.8, 4) is 0 Å². The number of amides is 1. The molecule has 1 aromatic heterocycles. The Balaban J connectivity index is 1.48. The smallest absolute Gasteiger partial charge is 0.368 e. The number of ether oxygens (including phenoxy) is 1. The maximum absolute atomic E-state index is 13.8. The lowest BCUT2D eigenvalue weighted by molar-refractivity contribution is -0.143. The molecule has 2 aliphatic heterocycles. The highest BCUT2D eigenvalue weighted by Gasteiger charge is 2.50. The molecule has 13 heteroatoms. The Kier molecular flexibility index (Phi) is 7.60. The van der Waals surface area contributed by atoms with Gasteiger partial charge >= 0.3 is 12.4 Å². The molecule has 3 aromatic rings. The second-order valence-electron chi connectivity index (χ2n) is 10.4. The number of alkyl halides is 6. The molecule has 2 aromatic carbocycles. The van der Waals surface area contributed by atoms with E-state index in [1.165, 1.54) is 31.2 Å². The summed E-state index contributed by atoms with van der Waals surface area (Å²) in [5, 5.41) is 3.91. The van der Waals surface area contributed by atoms with Crippen molar-refractivity contribution >= 4 is 5.91 Å². The lowest BCUT2D eigenvalue weighted by Crippen LogP contribution is -2.43. The molecule has 0 bridgehead atoms. The number of nitrogens with zero attached hydrogens (tertiary/aromatic N) is 3. The summed E-state index contributed by atoms with van der Waals surface area (Å²) in [5.74, 6) is -0.861. The molecule has 0 saturated carbocycles. The van der Waals surface area contributed by atoms with Crippen molar-refractivity contribution < 1.29 is 44.8 Å². The van der Waals surface area contributed by atoms with E-state index in [2.05, 4.69) is 10.1 Å². The van der Waals surface area contributed by atoms with Crippen LogP contribution < -0.4 is 0 Å². The molecule has 1 amide bonds. The SMILES string of the molecule is CCc1noc(C2CC(=O)N3C[C@H](O[C@H](C)c4cc(C(F)(F)F)cc(C(F)(F)F)c4)[C@@H](c4ccc(F)cc4)[C@@H]3C2)n1. The molecule has 3 heterocycles. The van der Waals surface area contributed by atoms with Gasteiger partial charge in [-0.15, -0.1) is 0 Å². The van der Waals surface area contributed by atoms with Crippen molar-refractivity contribution in [1.29, 1.82) is 0 Å². The van der Waals surface area contributed by atoms with E-state index in [1.54, 1.807) is 4.90 Å². The van der Waals surface area contributed by atoms with Gasteiger partial charge in [0, 0.05) is 37.3 Å². The van der Waals surface area contributed by atoms with E-state index in [4.69, 9.17) is 9.26 Å². The summed E-state index contributed by atoms with van der Waals surface area (Å²) in [6.07, 6.45) is -11.0. The highest BCUT2D eigenvalue weighted by Crippen LogP contribution is 2.46. The quantitative estimate of drug-likeness (QED) is 0.297. The number of piperidine rings is 1. The fraction of sp³-hybridized carbons (Fsp3) is 0.464. The Labute approximate surface area is 230 Å². The van der Waals surface area contributed by atoms with Crippen LogP contribution in [-0.2, 0) is 28.3 Å². The van der Waals surface area contributed by atoms with Crippen molar-refractivity contribution in [3.05, 3.63) is 82.3 Å². The molecule has 0 spiro atoms. The predicted molar refractivity (Wildman–Crippen MR) is 130 cm³/mol. The Bertz CT molecular complexity index is 1370. The van der Waals surface area contributed by atoms with Gasteiger partial charge in [-0.05, 0) is 54.8 Å². The molecule has 220 valence electrons. The highest BCUT2D eigenvalue weighted by molar-refractivity contribution is 5.79. The molecular formula is C28H26F7N3O3. The first kappa shape index (κ1) is 29.0. The van der Waals surface area contributed by atoms with Crippen LogP contribution >= 0.6 is 0 Å². The van der Waals surface area contributed by atoms with Gasteiger partial charge in [0.05, 0.1) is 23.3 Å². The fourth-order valence-corrected chi connectivity index (χ4v) is 5.72. The van der Waals surface area contributed by atoms with Crippen LogP contribution in [-0.4, -0.2) is 39.6 Å². The zero-order valence-electron chi connectivity index (χ0n) is 22.0. The Morgan fingerprint density at radius 2 is 1.68 bits per heavy atom. The van der Waals surface area contributed by atoms with Crippen molar-refractivity contribution in [2.24, 2.45) is 0 Å². The van der Waals surface area contributed by atoms with Crippen LogP contribution in [0.25, 0.3) is 0 Å². The van der Waals surface area contributed by atoms with E-state index in [-0.39, 0.29) is 30.5 Å². The molecular weight excluding hydrogens is 559 g/mol. The number of hydrogen-bond donors (Lipinski definition) is 0. The first-order chi connectivity index (χ1) is 19.2. The fourth-order valence-electron chi connectivity index (χ4n) is 5.72. The zero-order valence-corrected chi connectivity index (χ0v) is 22.0. The standard InChI is InChI=1S/C28H26F7N3O3/c1-3-23-36-26(41-37-23)17-10-21-25(15-4-6-20(29)7-5-15)22(13-38(21)24(39)11-17)40-14(2)16-8-18(27(30,31)32)12-19(9-16)28(33,34)35/h4-9,12,14,17,21-22,25H,3,10-11,13H2,1-2H3/t14-,17?,21+,22+,25+/m1/s1. The lowest BCUT2D eigenvalue weighted by atomic mass is 9.81. The third-order valence-corrected chi connectivity index (χ3v) is 7.72. The topological polar surface area (TPSA) is 68.5 Å². The van der Waals surface area contributed by atoms with Crippen molar-refractivity contribution in [3.63, 3.8) is 0 Å². The summed E-state index contributed by atoms with van der Waals surface area (Å²) in [7, 11) is 0. The molecule has 2 aliphatic rings. The summed E-state index contributed by atoms with van der Waals surface area (Å²) >= 11 is 0. The normalized spacial score (nSPS) is 24.0. The Morgan fingerprint density at radius 1 is 1.05 bits per heavy atom. The Morgan fingerprint density at radius 3 is 2.24 bits per heavy atom. The number of hydrogen-bond acceptors (Lipinski definition) is 5. The van der Waals surface area contributed by atoms with Gasteiger partial charge in [0.2, 0.25) is 11.8 Å². The van der Waals surface area contributed by atoms with Gasteiger partial charge in [-0.25, -0.2) is 4.39 Å². The number of rotatable bonds is 6. The number of carbonyl (C=O) groups is 1. The van der Waals surface area contributed by atoms with Crippen LogP contribution in [0.3, 0.4) is 0 Å². The summed E-state index contributed by atoms with van der Waals surface area (Å²) in [4.78, 5) is 19.2. The summed E-state index contributed by atoms with van der Waals surface area (Å²) < 4.78 is 106. The van der Waals surface area contributed by atoms with Gasteiger partial charge in [-0.2, -0.15) is 31.3 Å². The maximum atomic E-state index is 13.8. The first-order valence-electron chi connectivity index (χ1n) is 13.1. The minimum atomic E-state index is -5.01. The third-order valence-electron chi connectivity index (χ3n) is 7.72. The molecule has 2 fully saturated rings. The predicted octanol–water partition coefficient (Wildman–Crippen LogP) is 6.83. The second kappa shape index (κ2) is 10.7. The van der Waals surface area contributed by atoms with Crippen molar-refractivity contribution in [2.75, 3.05) is 6.54 Å². The molecule has 2 saturated heterocycles. The van der Waals surface area contributed by atoms with Crippen LogP contribution in [0, 0.1) is 5.82 Å². The summed E-state index contributed by atoms with van der Waals surface area (Å²) in [5.41, 5.74) is -2.58. The molecule has 5 atom stereocenters. The number of aryl methyl sites for hydroxylation is 1. The average Bonchev–Trinajstić information content (AvgIpc) is 3.53. The lowest BCUT2D eigenvalue weighted by Gasteiger charge is -2.35. The molecule has 0 aliphatic carbocycles. The summed E-state index contributed by atoms with van der Waals surface area (Å²) in [6.45, 7) is 3.27. The monoisotopic (exact) mass is 585 g/mol. The highest BCUT2D eigenvalue weighted by atomic mass is 19.4. The molecule has 5 rings (SSSR count). The van der Waals surface area contributed by atoms with E-state index >= 15 is 0 Å². The van der Waals surface area contributed by atoms with Gasteiger partial charge in [-0.1, -0.05) is 24.2 Å². The molecule has 1 unspecified atom stereocenters. The van der Waals surface area contributed by atoms with E-state index < -0.39 is 59.4 Å². The van der Waals surface area contributed by atoms with Crippen molar-refractivity contribution in [1.82, 2.24) is 15.0 Å². The minimum absolute atomic E-state index is 0.0533. The molecule has 0 N–H and O–H groups in total. The maximum Gasteiger partial charge on any atom is 0.416 e. The Hall–Kier alpha value is -3.48. The molecule has 6 nitrogen and oxygen atoms in total. The third kappa shape index (κ3) is 5.95. The number of halogens is 7. The van der Waals surface area contributed by atoms with Crippen LogP contribution in [0.4, 0.5) is 30.7 Å². The van der Waals surface area contributed by atoms with E-state index in [0.29, 0.717) is 42.3 Å². The molecule has 0 radical (unpaired) electrons. The average molecular weight is 586 g/mol. The minimum Gasteiger partial charge on any atom is -0.368 e. The van der Waals surface area contributed by atoms with E-state index in [1.807, 2.05) is 6.92 Å². The van der Waals surface area contributed by atoms with Gasteiger partial charge in [-0.3, -0.25) is 4.79 Å². The second-order valence-corrected chi connectivity index (χ2v) is 10.4. The first-order valence-corrected chi connectivity index (χ1v) is 13.1. The zero-order chi connectivity index (χ0) is 29.7. The largest absolute Gasteiger partial charge is 0.416 e. The summed E-state index contributed by atoms with van der Waals surface area (Å²) in [6, 6.07) is 6.43. The van der Waals surface area contributed by atoms with Crippen LogP contribution in [0.5, 0.6) is 0 Å². The van der Waals surface area contributed by atoms with Gasteiger partial charge < -0.3 is 14.2 Å². The van der Waals surface area contributed by atoms with E-state index in [9.17, 15) is 35.5 Å². The molecule has 41 heavy (non-hydrogen) atoms. The van der Waals surface area contributed by atoms with Gasteiger partial charge in [0.15, 0.2) is 5.82 Å². The van der Waals surface area contributed by atoms with Gasteiger partial charge in [0.1, 0.15) is 5.82 Å². The van der Waals surface area contributed by atoms with E-state index in [0.717, 1.165) is 0 Å². The number of fused-ring (bicyclic) bond motifs is 1. The van der Waals surface area contributed by atoms with Crippen LogP contribution in [0.2, 0.25) is 0 Å². The van der Waals surface area contributed by atoms with Crippen molar-refractivity contribution in [2.45, 2.75) is 75.5 Å². The van der Waals surface area contributed by atoms with Crippen LogP contribution in [0.1, 0.15) is 78.6 Å². The van der Waals surface area contributed by atoms with Gasteiger partial charge in [0.25, 0.3) is 0 Å². The number of aromatic nitrogens is 2. The van der Waals surface area contributed by atoms with Crippen LogP contribution in [0.15, 0.2) is 47.0 Å².